The van der Waals surface area contributed by atoms with Crippen LogP contribution in [0.15, 0.2) is 36.5 Å². The number of rotatable bonds is 5. The number of methoxy groups -OCH3 is 1. The Bertz CT molecular complexity index is 824. The Balaban J connectivity index is 1.57. The van der Waals surface area contributed by atoms with Gasteiger partial charge >= 0.3 is 12.4 Å². The lowest BCUT2D eigenvalue weighted by molar-refractivity contribution is -0.274. The number of hydrogen-bond acceptors (Lipinski definition) is 6. The topological polar surface area (TPSA) is 73.8 Å². The summed E-state index contributed by atoms with van der Waals surface area (Å²) in [6.45, 7) is 0.826. The zero-order valence-electron chi connectivity index (χ0n) is 15.0. The molecule has 0 bridgehead atoms. The van der Waals surface area contributed by atoms with Crippen molar-refractivity contribution >= 4 is 5.91 Å². The molecule has 0 unspecified atom stereocenters. The van der Waals surface area contributed by atoms with E-state index in [1.54, 1.807) is 11.0 Å². The molecule has 3 rings (SSSR count). The Kier molecular flexibility index (Phi) is 5.86. The number of amides is 1. The predicted octanol–water partition coefficient (Wildman–Crippen LogP) is 3.07. The van der Waals surface area contributed by atoms with Crippen molar-refractivity contribution in [2.75, 3.05) is 20.2 Å². The maximum Gasteiger partial charge on any atom is 0.573 e. The first kappa shape index (κ1) is 19.7. The third-order valence-electron chi connectivity index (χ3n) is 4.12. The summed E-state index contributed by atoms with van der Waals surface area (Å²) >= 11 is 0. The highest BCUT2D eigenvalue weighted by molar-refractivity contribution is 5.94. The average Bonchev–Trinajstić information content (AvgIpc) is 2.67. The van der Waals surface area contributed by atoms with Crippen LogP contribution in [0.3, 0.4) is 0 Å². The molecule has 0 radical (unpaired) electrons. The molecule has 1 aromatic carbocycles. The molecule has 28 heavy (non-hydrogen) atoms. The van der Waals surface area contributed by atoms with E-state index >= 15 is 0 Å². The molecule has 0 aliphatic carbocycles. The van der Waals surface area contributed by atoms with E-state index in [0.29, 0.717) is 31.8 Å². The number of ether oxygens (including phenoxy) is 3. The van der Waals surface area contributed by atoms with Gasteiger partial charge in [-0.3, -0.25) is 4.79 Å². The van der Waals surface area contributed by atoms with Crippen LogP contribution in [0.5, 0.6) is 17.6 Å². The lowest BCUT2D eigenvalue weighted by atomic mass is 10.1. The minimum absolute atomic E-state index is 0.136. The number of aromatic nitrogens is 2. The van der Waals surface area contributed by atoms with Gasteiger partial charge in [-0.1, -0.05) is 6.07 Å². The van der Waals surface area contributed by atoms with Gasteiger partial charge in [0.15, 0.2) is 0 Å². The molecule has 0 spiro atoms. The summed E-state index contributed by atoms with van der Waals surface area (Å²) in [4.78, 5) is 22.1. The molecule has 1 aliphatic rings. The van der Waals surface area contributed by atoms with E-state index in [1.807, 2.05) is 0 Å². The Labute approximate surface area is 159 Å². The van der Waals surface area contributed by atoms with E-state index < -0.39 is 12.1 Å². The van der Waals surface area contributed by atoms with Gasteiger partial charge in [-0.05, 0) is 18.2 Å². The van der Waals surface area contributed by atoms with E-state index in [4.69, 9.17) is 9.47 Å². The fourth-order valence-corrected chi connectivity index (χ4v) is 2.85. The van der Waals surface area contributed by atoms with Crippen LogP contribution >= 0.6 is 0 Å². The average molecular weight is 397 g/mol. The summed E-state index contributed by atoms with van der Waals surface area (Å²) in [5, 5.41) is 0. The normalized spacial score (nSPS) is 15.2. The van der Waals surface area contributed by atoms with E-state index in [1.165, 1.54) is 25.4 Å². The van der Waals surface area contributed by atoms with E-state index in [-0.39, 0.29) is 23.6 Å². The molecule has 1 aromatic heterocycles. The number of benzene rings is 1. The van der Waals surface area contributed by atoms with Crippen LogP contribution in [0.4, 0.5) is 13.2 Å². The largest absolute Gasteiger partial charge is 0.573 e. The monoisotopic (exact) mass is 397 g/mol. The van der Waals surface area contributed by atoms with Crippen molar-refractivity contribution < 1.29 is 32.2 Å². The lowest BCUT2D eigenvalue weighted by Crippen LogP contribution is -2.41. The highest BCUT2D eigenvalue weighted by Gasteiger charge is 2.31. The second kappa shape index (κ2) is 8.32. The lowest BCUT2D eigenvalue weighted by Gasteiger charge is -2.32. The Hall–Kier alpha value is -3.04. The van der Waals surface area contributed by atoms with Crippen LogP contribution in [-0.2, 0) is 0 Å². The van der Waals surface area contributed by atoms with Crippen molar-refractivity contribution in [3.05, 3.63) is 42.1 Å². The third kappa shape index (κ3) is 5.24. The SMILES string of the molecule is COc1nccc(OC2CCN(C(=O)c3cccc(OC(F)(F)F)c3)CC2)n1. The second-order valence-corrected chi connectivity index (χ2v) is 6.07. The molecule has 0 N–H and O–H groups in total. The standard InChI is InChI=1S/C18H18F3N3O4/c1-26-17-22-8-5-15(23-17)27-13-6-9-24(10-7-13)16(25)12-3-2-4-14(11-12)28-18(19,20)21/h2-5,8,11,13H,6-7,9-10H2,1H3. The van der Waals surface area contributed by atoms with Gasteiger partial charge in [-0.2, -0.15) is 4.98 Å². The molecule has 150 valence electrons. The summed E-state index contributed by atoms with van der Waals surface area (Å²) in [6, 6.07) is 6.87. The van der Waals surface area contributed by atoms with Crippen LogP contribution in [0, 0.1) is 0 Å². The number of piperidine rings is 1. The first-order valence-corrected chi connectivity index (χ1v) is 8.53. The van der Waals surface area contributed by atoms with Crippen molar-refractivity contribution in [3.63, 3.8) is 0 Å². The number of halogens is 3. The summed E-state index contributed by atoms with van der Waals surface area (Å²) in [5.74, 6) is -0.391. The molecule has 10 heteroatoms. The van der Waals surface area contributed by atoms with Crippen LogP contribution in [0.2, 0.25) is 0 Å². The van der Waals surface area contributed by atoms with Gasteiger partial charge < -0.3 is 19.1 Å². The van der Waals surface area contributed by atoms with Gasteiger partial charge in [0.1, 0.15) is 11.9 Å². The molecular weight excluding hydrogens is 379 g/mol. The number of carbonyl (C=O) groups is 1. The number of hydrogen-bond donors (Lipinski definition) is 0. The van der Waals surface area contributed by atoms with Crippen LogP contribution in [0.1, 0.15) is 23.2 Å². The van der Waals surface area contributed by atoms with Crippen molar-refractivity contribution in [2.45, 2.75) is 25.3 Å². The Morgan fingerprint density at radius 1 is 1.21 bits per heavy atom. The summed E-state index contributed by atoms with van der Waals surface area (Å²) < 4.78 is 51.7. The Morgan fingerprint density at radius 3 is 2.64 bits per heavy atom. The van der Waals surface area contributed by atoms with E-state index in [0.717, 1.165) is 12.1 Å². The maximum atomic E-state index is 12.6. The van der Waals surface area contributed by atoms with Gasteiger partial charge in [-0.25, -0.2) is 4.98 Å². The Morgan fingerprint density at radius 2 is 1.96 bits per heavy atom. The van der Waals surface area contributed by atoms with Crippen molar-refractivity contribution in [1.82, 2.24) is 14.9 Å². The smallest absolute Gasteiger partial charge is 0.474 e. The predicted molar refractivity (Wildman–Crippen MR) is 91.3 cm³/mol. The molecule has 2 aromatic rings. The fraction of sp³-hybridized carbons (Fsp3) is 0.389. The van der Waals surface area contributed by atoms with Gasteiger partial charge in [0, 0.05) is 43.8 Å². The minimum atomic E-state index is -4.80. The van der Waals surface area contributed by atoms with Crippen LogP contribution in [0.25, 0.3) is 0 Å². The number of alkyl halides is 3. The van der Waals surface area contributed by atoms with Crippen LogP contribution < -0.4 is 14.2 Å². The third-order valence-corrected chi connectivity index (χ3v) is 4.12. The first-order chi connectivity index (χ1) is 13.3. The van der Waals surface area contributed by atoms with Crippen molar-refractivity contribution in [2.24, 2.45) is 0 Å². The van der Waals surface area contributed by atoms with Gasteiger partial charge in [0.05, 0.1) is 7.11 Å². The van der Waals surface area contributed by atoms with Crippen molar-refractivity contribution in [3.8, 4) is 17.6 Å². The zero-order chi connectivity index (χ0) is 20.1. The number of likely N-dealkylation sites (tertiary alicyclic amines) is 1. The maximum absolute atomic E-state index is 12.6. The van der Waals surface area contributed by atoms with Crippen LogP contribution in [-0.4, -0.2) is 53.4 Å². The highest BCUT2D eigenvalue weighted by Crippen LogP contribution is 2.25. The molecule has 1 aliphatic heterocycles. The minimum Gasteiger partial charge on any atom is -0.474 e. The summed E-state index contributed by atoms with van der Waals surface area (Å²) in [5.41, 5.74) is 0.140. The number of nitrogens with zero attached hydrogens (tertiary/aromatic N) is 3. The summed E-state index contributed by atoms with van der Waals surface area (Å²) in [6.07, 6.45) is -2.28. The molecule has 0 saturated carbocycles. The van der Waals surface area contributed by atoms with Gasteiger partial charge in [0.2, 0.25) is 5.88 Å². The molecule has 1 amide bonds. The quantitative estimate of drug-likeness (QED) is 0.772. The summed E-state index contributed by atoms with van der Waals surface area (Å²) in [7, 11) is 1.46. The fourth-order valence-electron chi connectivity index (χ4n) is 2.85. The molecule has 2 heterocycles. The molecule has 1 fully saturated rings. The van der Waals surface area contributed by atoms with Gasteiger partial charge in [0.25, 0.3) is 5.91 Å². The molecule has 0 atom stereocenters. The molecular formula is C18H18F3N3O4. The molecule has 1 saturated heterocycles. The number of carbonyl (C=O) groups excluding carboxylic acids is 1. The molecule has 7 nitrogen and oxygen atoms in total. The van der Waals surface area contributed by atoms with E-state index in [9.17, 15) is 18.0 Å². The highest BCUT2D eigenvalue weighted by atomic mass is 19.4. The first-order valence-electron chi connectivity index (χ1n) is 8.53. The van der Waals surface area contributed by atoms with E-state index in [2.05, 4.69) is 14.7 Å². The zero-order valence-corrected chi connectivity index (χ0v) is 15.0. The second-order valence-electron chi connectivity index (χ2n) is 6.07. The van der Waals surface area contributed by atoms with Gasteiger partial charge in [-0.15, -0.1) is 13.2 Å². The van der Waals surface area contributed by atoms with Crippen molar-refractivity contribution in [1.29, 1.82) is 0 Å².